The van der Waals surface area contributed by atoms with Crippen LogP contribution in [0.1, 0.15) is 0 Å². The molecule has 0 amide bonds. The molecular weight excluding hydrogens is 620 g/mol. The number of aromatic nitrogens is 2. The molecule has 0 aliphatic carbocycles. The third kappa shape index (κ3) is 4.34. The zero-order valence-electron chi connectivity index (χ0n) is 24.5. The number of para-hydroxylation sites is 2. The molecule has 0 bridgehead atoms. The summed E-state index contributed by atoms with van der Waals surface area (Å²) in [5.41, 5.74) is 4.09. The van der Waals surface area contributed by atoms with Crippen molar-refractivity contribution in [2.24, 2.45) is 0 Å². The van der Waals surface area contributed by atoms with E-state index in [9.17, 15) is 0 Å². The van der Waals surface area contributed by atoms with Crippen LogP contribution in [0.5, 0.6) is 0 Å². The third-order valence-corrected chi connectivity index (χ3v) is 14.1. The molecule has 1 aliphatic rings. The summed E-state index contributed by atoms with van der Waals surface area (Å²) in [6.07, 6.45) is 0. The molecule has 1 aliphatic heterocycles. The van der Waals surface area contributed by atoms with Crippen molar-refractivity contribution in [1.82, 2.24) is 9.97 Å². The largest absolute Gasteiger partial charge is 0.309 e. The van der Waals surface area contributed by atoms with Crippen LogP contribution in [0.15, 0.2) is 172 Å². The van der Waals surface area contributed by atoms with E-state index in [1.807, 2.05) is 84.9 Å². The molecule has 218 valence electrons. The Kier molecular flexibility index (Phi) is 6.60. The molecule has 0 spiro atoms. The van der Waals surface area contributed by atoms with Crippen molar-refractivity contribution in [3.05, 3.63) is 152 Å². The molecule has 6 heteroatoms. The second kappa shape index (κ2) is 11.0. The van der Waals surface area contributed by atoms with Crippen molar-refractivity contribution in [2.75, 3.05) is 0 Å². The minimum atomic E-state index is -3.28. The Balaban J connectivity index is 1.29. The maximum absolute atomic E-state index is 15.9. The first-order chi connectivity index (χ1) is 22.7. The monoisotopic (exact) mass is 644 g/mol. The fourth-order valence-electron chi connectivity index (χ4n) is 6.58. The first-order valence-electron chi connectivity index (χ1n) is 15.1. The average Bonchev–Trinajstić information content (AvgIpc) is 3.12. The van der Waals surface area contributed by atoms with Crippen LogP contribution >= 0.6 is 30.7 Å². The average molecular weight is 645 g/mol. The Morgan fingerprint density at radius 1 is 0.457 bits per heavy atom. The summed E-state index contributed by atoms with van der Waals surface area (Å²) < 4.78 is 15.9. The van der Waals surface area contributed by atoms with E-state index < -0.39 is 7.14 Å². The van der Waals surface area contributed by atoms with Gasteiger partial charge in [0.25, 0.3) is 0 Å². The lowest BCUT2D eigenvalue weighted by Gasteiger charge is -2.25. The summed E-state index contributed by atoms with van der Waals surface area (Å²) in [7, 11) is -3.28. The highest BCUT2D eigenvalue weighted by molar-refractivity contribution is 8.05. The summed E-state index contributed by atoms with van der Waals surface area (Å²) in [6, 6.07) is 51.6. The normalized spacial score (nSPS) is 12.7. The summed E-state index contributed by atoms with van der Waals surface area (Å²) >= 11 is 3.36. The highest BCUT2D eigenvalue weighted by atomic mass is 32.2. The number of hydrogen-bond donors (Lipinski definition) is 0. The standard InChI is InChI=1S/C40H25N2OPS2/c43-44(27-13-3-1-4-14-27,28-15-5-2-6-16-28)38-31-19-9-7-17-29(31)37(30-18-8-10-20-32(30)38)26-23-24-35-36(25-26)46-40-39(45-35)41-33-21-11-12-22-34(33)42-40/h1-25H. The van der Waals surface area contributed by atoms with Gasteiger partial charge in [-0.1, -0.05) is 151 Å². The Morgan fingerprint density at radius 3 is 1.46 bits per heavy atom. The molecule has 1 aromatic heterocycles. The molecule has 8 aromatic rings. The van der Waals surface area contributed by atoms with Crippen LogP contribution < -0.4 is 15.9 Å². The van der Waals surface area contributed by atoms with Crippen molar-refractivity contribution in [1.29, 1.82) is 0 Å². The van der Waals surface area contributed by atoms with Gasteiger partial charge in [-0.05, 0) is 56.9 Å². The Hall–Kier alpha value is -4.67. The van der Waals surface area contributed by atoms with E-state index in [0.29, 0.717) is 0 Å². The van der Waals surface area contributed by atoms with E-state index in [0.717, 1.165) is 74.6 Å². The number of rotatable bonds is 4. The fourth-order valence-corrected chi connectivity index (χ4v) is 11.8. The van der Waals surface area contributed by atoms with Gasteiger partial charge in [-0.25, -0.2) is 9.97 Å². The van der Waals surface area contributed by atoms with Crippen molar-refractivity contribution < 1.29 is 4.57 Å². The second-order valence-corrected chi connectivity index (χ2v) is 16.0. The lowest BCUT2D eigenvalue weighted by Crippen LogP contribution is -2.26. The number of hydrogen-bond acceptors (Lipinski definition) is 5. The zero-order valence-corrected chi connectivity index (χ0v) is 27.0. The molecular formula is C40H25N2OPS2. The Labute approximate surface area is 275 Å². The molecule has 3 nitrogen and oxygen atoms in total. The summed E-state index contributed by atoms with van der Waals surface area (Å²) in [6.45, 7) is 0. The molecule has 46 heavy (non-hydrogen) atoms. The van der Waals surface area contributed by atoms with Crippen LogP contribution in [-0.4, -0.2) is 9.97 Å². The number of fused-ring (bicyclic) bond motifs is 5. The molecule has 0 saturated heterocycles. The molecule has 9 rings (SSSR count). The predicted molar refractivity (Wildman–Crippen MR) is 194 cm³/mol. The van der Waals surface area contributed by atoms with E-state index in [2.05, 4.69) is 66.7 Å². The van der Waals surface area contributed by atoms with Crippen LogP contribution in [0.2, 0.25) is 0 Å². The first kappa shape index (κ1) is 27.6. The number of benzene rings is 7. The molecule has 7 aromatic carbocycles. The molecule has 0 saturated carbocycles. The highest BCUT2D eigenvalue weighted by Gasteiger charge is 2.34. The van der Waals surface area contributed by atoms with E-state index >= 15 is 4.57 Å². The minimum Gasteiger partial charge on any atom is -0.309 e. The van der Waals surface area contributed by atoms with Gasteiger partial charge in [0.15, 0.2) is 7.14 Å². The highest BCUT2D eigenvalue weighted by Crippen LogP contribution is 2.51. The van der Waals surface area contributed by atoms with Gasteiger partial charge in [-0.3, -0.25) is 0 Å². The van der Waals surface area contributed by atoms with Crippen LogP contribution in [0.3, 0.4) is 0 Å². The van der Waals surface area contributed by atoms with Crippen LogP contribution in [-0.2, 0) is 4.57 Å². The van der Waals surface area contributed by atoms with Crippen molar-refractivity contribution >= 4 is 79.2 Å². The van der Waals surface area contributed by atoms with Gasteiger partial charge < -0.3 is 4.57 Å². The molecule has 0 radical (unpaired) electrons. The maximum Gasteiger partial charge on any atom is 0.172 e. The molecule has 0 fully saturated rings. The van der Waals surface area contributed by atoms with E-state index in [1.54, 1.807) is 23.5 Å². The first-order valence-corrected chi connectivity index (χ1v) is 18.4. The van der Waals surface area contributed by atoms with E-state index in [-0.39, 0.29) is 0 Å². The van der Waals surface area contributed by atoms with E-state index in [4.69, 9.17) is 9.97 Å². The molecule has 0 atom stereocenters. The SMILES string of the molecule is O=P(c1ccccc1)(c1ccccc1)c1c2ccccc2c(-c2ccc3c(c2)Sc2nc4ccccc4nc2S3)c2ccccc12. The third-order valence-electron chi connectivity index (χ3n) is 8.61. The smallest absolute Gasteiger partial charge is 0.172 e. The van der Waals surface area contributed by atoms with Gasteiger partial charge in [0, 0.05) is 25.7 Å². The molecule has 2 heterocycles. The van der Waals surface area contributed by atoms with Crippen molar-refractivity contribution in [3.63, 3.8) is 0 Å². The molecule has 0 N–H and O–H groups in total. The van der Waals surface area contributed by atoms with Crippen LogP contribution in [0, 0.1) is 0 Å². The Morgan fingerprint density at radius 2 is 0.913 bits per heavy atom. The Bertz CT molecular complexity index is 2420. The quantitative estimate of drug-likeness (QED) is 0.141. The zero-order chi connectivity index (χ0) is 30.7. The lowest BCUT2D eigenvalue weighted by atomic mass is 9.92. The van der Waals surface area contributed by atoms with Gasteiger partial charge in [-0.15, -0.1) is 0 Å². The van der Waals surface area contributed by atoms with Gasteiger partial charge in [0.2, 0.25) is 0 Å². The minimum absolute atomic E-state index is 0.832. The van der Waals surface area contributed by atoms with Crippen LogP contribution in [0.4, 0.5) is 0 Å². The lowest BCUT2D eigenvalue weighted by molar-refractivity contribution is 0.593. The number of nitrogens with zero attached hydrogens (tertiary/aromatic N) is 2. The fraction of sp³-hybridized carbons (Fsp3) is 0. The van der Waals surface area contributed by atoms with Crippen LogP contribution in [0.25, 0.3) is 43.7 Å². The van der Waals surface area contributed by atoms with Gasteiger partial charge in [0.1, 0.15) is 10.1 Å². The second-order valence-electron chi connectivity index (χ2n) is 11.3. The maximum atomic E-state index is 15.9. The van der Waals surface area contributed by atoms with Gasteiger partial charge >= 0.3 is 0 Å². The summed E-state index contributed by atoms with van der Waals surface area (Å²) in [5, 5.41) is 8.62. The van der Waals surface area contributed by atoms with Gasteiger partial charge in [-0.2, -0.15) is 0 Å². The predicted octanol–water partition coefficient (Wildman–Crippen LogP) is 9.86. The topological polar surface area (TPSA) is 42.9 Å². The van der Waals surface area contributed by atoms with E-state index in [1.165, 1.54) is 4.90 Å². The summed E-state index contributed by atoms with van der Waals surface area (Å²) in [5.74, 6) is 0. The van der Waals surface area contributed by atoms with Crippen molar-refractivity contribution in [3.8, 4) is 11.1 Å². The van der Waals surface area contributed by atoms with Crippen molar-refractivity contribution in [2.45, 2.75) is 19.8 Å². The van der Waals surface area contributed by atoms with Gasteiger partial charge in [0.05, 0.1) is 11.0 Å². The summed E-state index contributed by atoms with van der Waals surface area (Å²) in [4.78, 5) is 12.2. The molecule has 0 unspecified atom stereocenters.